The number of carbonyl (C=O) groups is 2. The smallest absolute Gasteiger partial charge is 0.238 e. The lowest BCUT2D eigenvalue weighted by molar-refractivity contribution is -0.124. The largest absolute Gasteiger partial charge is 0.394 e. The summed E-state index contributed by atoms with van der Waals surface area (Å²) < 4.78 is 55.7. The van der Waals surface area contributed by atoms with Gasteiger partial charge in [0.25, 0.3) is 0 Å². The van der Waals surface area contributed by atoms with Crippen molar-refractivity contribution in [1.82, 2.24) is 0 Å². The van der Waals surface area contributed by atoms with E-state index in [1.807, 2.05) is 12.2 Å². The van der Waals surface area contributed by atoms with Gasteiger partial charge in [-0.15, -0.1) is 0 Å². The topological polar surface area (TPSA) is 63.4 Å². The van der Waals surface area contributed by atoms with E-state index in [4.69, 9.17) is 5.73 Å². The van der Waals surface area contributed by atoms with Crippen LogP contribution in [0.2, 0.25) is 0 Å². The van der Waals surface area contributed by atoms with Crippen LogP contribution < -0.4 is 10.6 Å². The van der Waals surface area contributed by atoms with Crippen molar-refractivity contribution in [2.75, 3.05) is 10.6 Å². The molecule has 2 bridgehead atoms. The zero-order valence-electron chi connectivity index (χ0n) is 12.2. The third-order valence-corrected chi connectivity index (χ3v) is 5.26. The summed E-state index contributed by atoms with van der Waals surface area (Å²) in [7, 11) is 0. The van der Waals surface area contributed by atoms with Crippen molar-refractivity contribution >= 4 is 23.2 Å². The molecule has 2 amide bonds. The lowest BCUT2D eigenvalue weighted by Gasteiger charge is -2.38. The van der Waals surface area contributed by atoms with Gasteiger partial charge in [0.1, 0.15) is 11.4 Å². The summed E-state index contributed by atoms with van der Waals surface area (Å²) >= 11 is 0. The number of anilines is 2. The summed E-state index contributed by atoms with van der Waals surface area (Å²) in [6.07, 6.45) is 5.01. The highest BCUT2D eigenvalue weighted by Gasteiger charge is 2.58. The summed E-state index contributed by atoms with van der Waals surface area (Å²) in [5.74, 6) is -10.9. The summed E-state index contributed by atoms with van der Waals surface area (Å²) in [4.78, 5) is 25.5. The summed E-state index contributed by atoms with van der Waals surface area (Å²) in [6, 6.07) is 0. The number of nitrogen functional groups attached to an aromatic ring is 1. The SMILES string of the molecule is Nc1c(F)c(F)c(N2C(=O)C3C4C=CC(CC4)C3C2=O)c(F)c1F. The Morgan fingerprint density at radius 2 is 1.25 bits per heavy atom. The first kappa shape index (κ1) is 15.2. The molecule has 5 rings (SSSR count). The van der Waals surface area contributed by atoms with Crippen LogP contribution in [0.4, 0.5) is 28.9 Å². The van der Waals surface area contributed by atoms with Gasteiger partial charge >= 0.3 is 0 Å². The van der Waals surface area contributed by atoms with Crippen LogP contribution in [0.3, 0.4) is 0 Å². The molecule has 1 saturated heterocycles. The second kappa shape index (κ2) is 4.81. The molecule has 4 aliphatic rings. The van der Waals surface area contributed by atoms with E-state index in [0.717, 1.165) is 0 Å². The van der Waals surface area contributed by atoms with Crippen molar-refractivity contribution in [3.05, 3.63) is 35.4 Å². The second-order valence-electron chi connectivity index (χ2n) is 6.37. The van der Waals surface area contributed by atoms with Gasteiger partial charge in [-0.2, -0.15) is 0 Å². The molecule has 2 fully saturated rings. The summed E-state index contributed by atoms with van der Waals surface area (Å²) in [6.45, 7) is 0. The number of rotatable bonds is 1. The molecule has 1 aromatic rings. The fraction of sp³-hybridized carbons (Fsp3) is 0.375. The molecule has 0 spiro atoms. The molecule has 4 atom stereocenters. The predicted octanol–water partition coefficient (Wildman–Crippen LogP) is 2.53. The van der Waals surface area contributed by atoms with E-state index >= 15 is 0 Å². The molecule has 0 radical (unpaired) electrons. The van der Waals surface area contributed by atoms with Crippen molar-refractivity contribution in [1.29, 1.82) is 0 Å². The molecular formula is C16H12F4N2O2. The number of amides is 2. The molecule has 8 heteroatoms. The summed E-state index contributed by atoms with van der Waals surface area (Å²) in [5, 5.41) is 0. The number of fused-ring (bicyclic) bond motifs is 1. The van der Waals surface area contributed by atoms with Gasteiger partial charge in [-0.25, -0.2) is 22.5 Å². The van der Waals surface area contributed by atoms with Gasteiger partial charge in [0.05, 0.1) is 11.8 Å². The normalized spacial score (nSPS) is 31.1. The quantitative estimate of drug-likeness (QED) is 0.281. The molecule has 3 aliphatic carbocycles. The molecule has 0 aromatic heterocycles. The van der Waals surface area contributed by atoms with Gasteiger partial charge in [-0.05, 0) is 24.7 Å². The van der Waals surface area contributed by atoms with Crippen molar-refractivity contribution in [3.8, 4) is 0 Å². The summed E-state index contributed by atoms with van der Waals surface area (Å²) in [5.41, 5.74) is 2.32. The van der Waals surface area contributed by atoms with Gasteiger partial charge < -0.3 is 5.73 Å². The first-order valence-corrected chi connectivity index (χ1v) is 7.52. The molecular weight excluding hydrogens is 328 g/mol. The molecule has 126 valence electrons. The van der Waals surface area contributed by atoms with Gasteiger partial charge in [0, 0.05) is 0 Å². The fourth-order valence-electron chi connectivity index (χ4n) is 4.13. The number of hydrogen-bond donors (Lipinski definition) is 1. The van der Waals surface area contributed by atoms with Crippen LogP contribution in [-0.2, 0) is 9.59 Å². The Hall–Kier alpha value is -2.38. The Bertz CT molecular complexity index is 762. The molecule has 1 aromatic carbocycles. The van der Waals surface area contributed by atoms with E-state index in [1.165, 1.54) is 0 Å². The number of carbonyl (C=O) groups excluding carboxylic acids is 2. The van der Waals surface area contributed by atoms with E-state index in [0.29, 0.717) is 12.8 Å². The Kier molecular flexibility index (Phi) is 3.04. The van der Waals surface area contributed by atoms with Crippen molar-refractivity contribution in [2.45, 2.75) is 12.8 Å². The van der Waals surface area contributed by atoms with Gasteiger partial charge in [0.2, 0.25) is 11.8 Å². The zero-order valence-corrected chi connectivity index (χ0v) is 12.2. The van der Waals surface area contributed by atoms with Crippen LogP contribution in [0.15, 0.2) is 12.2 Å². The molecule has 24 heavy (non-hydrogen) atoms. The van der Waals surface area contributed by atoms with Crippen molar-refractivity contribution < 1.29 is 27.2 Å². The highest BCUT2D eigenvalue weighted by atomic mass is 19.2. The maximum atomic E-state index is 14.2. The predicted molar refractivity (Wildman–Crippen MR) is 75.5 cm³/mol. The first-order valence-electron chi connectivity index (χ1n) is 7.52. The molecule has 4 nitrogen and oxygen atoms in total. The van der Waals surface area contributed by atoms with Crippen LogP contribution in [0, 0.1) is 46.9 Å². The lowest BCUT2D eigenvalue weighted by Crippen LogP contribution is -2.38. The van der Waals surface area contributed by atoms with Gasteiger partial charge in [0.15, 0.2) is 23.3 Å². The Balaban J connectivity index is 1.88. The average Bonchev–Trinajstić information content (AvgIpc) is 2.87. The Morgan fingerprint density at radius 3 is 1.62 bits per heavy atom. The molecule has 1 saturated carbocycles. The Morgan fingerprint density at radius 1 is 0.833 bits per heavy atom. The van der Waals surface area contributed by atoms with E-state index < -0.39 is 58.3 Å². The highest BCUT2D eigenvalue weighted by Crippen LogP contribution is 2.51. The minimum absolute atomic E-state index is 0.212. The van der Waals surface area contributed by atoms with Crippen LogP contribution in [0.1, 0.15) is 12.8 Å². The molecule has 1 heterocycles. The minimum Gasteiger partial charge on any atom is -0.394 e. The van der Waals surface area contributed by atoms with E-state index in [2.05, 4.69) is 0 Å². The lowest BCUT2D eigenvalue weighted by atomic mass is 9.63. The third kappa shape index (κ3) is 1.68. The van der Waals surface area contributed by atoms with Crippen molar-refractivity contribution in [2.24, 2.45) is 23.7 Å². The van der Waals surface area contributed by atoms with Crippen LogP contribution >= 0.6 is 0 Å². The first-order chi connectivity index (χ1) is 11.3. The number of hydrogen-bond acceptors (Lipinski definition) is 3. The van der Waals surface area contributed by atoms with Gasteiger partial charge in [-0.3, -0.25) is 9.59 Å². The zero-order chi connectivity index (χ0) is 17.3. The molecule has 2 N–H and O–H groups in total. The second-order valence-corrected chi connectivity index (χ2v) is 6.37. The maximum Gasteiger partial charge on any atom is 0.238 e. The number of imide groups is 1. The fourth-order valence-corrected chi connectivity index (χ4v) is 4.13. The van der Waals surface area contributed by atoms with Crippen LogP contribution in [-0.4, -0.2) is 11.8 Å². The molecule has 4 unspecified atom stereocenters. The van der Waals surface area contributed by atoms with Gasteiger partial charge in [-0.1, -0.05) is 12.2 Å². The number of benzene rings is 1. The average molecular weight is 340 g/mol. The maximum absolute atomic E-state index is 14.2. The van der Waals surface area contributed by atoms with Crippen LogP contribution in [0.5, 0.6) is 0 Å². The number of nitrogens with two attached hydrogens (primary N) is 1. The van der Waals surface area contributed by atoms with E-state index in [9.17, 15) is 27.2 Å². The van der Waals surface area contributed by atoms with E-state index in [1.54, 1.807) is 0 Å². The monoisotopic (exact) mass is 340 g/mol. The number of nitrogens with zero attached hydrogens (tertiary/aromatic N) is 1. The minimum atomic E-state index is -1.84. The number of halogens is 4. The van der Waals surface area contributed by atoms with E-state index in [-0.39, 0.29) is 16.7 Å². The highest BCUT2D eigenvalue weighted by molar-refractivity contribution is 6.22. The third-order valence-electron chi connectivity index (χ3n) is 5.26. The van der Waals surface area contributed by atoms with Crippen LogP contribution in [0.25, 0.3) is 0 Å². The standard InChI is InChI=1S/C16H12F4N2O2/c17-9-11(19)14(12(20)10(18)13(9)21)22-15(23)7-5-1-2-6(4-3-5)8(7)16(22)24/h1-2,5-8H,3-4,21H2. The molecule has 1 aliphatic heterocycles. The number of allylic oxidation sites excluding steroid dienone is 2. The van der Waals surface area contributed by atoms with Crippen molar-refractivity contribution in [3.63, 3.8) is 0 Å². The Labute approximate surface area is 133 Å².